The van der Waals surface area contributed by atoms with Gasteiger partial charge in [-0.05, 0) is 48.8 Å². The Morgan fingerprint density at radius 1 is 0.625 bits per heavy atom. The molecular weight excluding hydrogens is 975 g/mol. The number of H-pyrrole nitrogens is 1. The van der Waals surface area contributed by atoms with Crippen molar-refractivity contribution in [1.29, 1.82) is 0 Å². The first-order valence-corrected chi connectivity index (χ1v) is 24.3. The molecule has 0 spiro atoms. The van der Waals surface area contributed by atoms with Crippen LogP contribution in [-0.2, 0) is 56.0 Å². The number of aliphatic hydroxyl groups is 1. The smallest absolute Gasteiger partial charge is 0.327 e. The number of guanidine groups is 1. The number of amides is 8. The number of carbonyl (C=O) groups excluding carboxylic acids is 8. The van der Waals surface area contributed by atoms with E-state index in [4.69, 9.17) is 22.9 Å². The summed E-state index contributed by atoms with van der Waals surface area (Å²) in [5.74, 6) is -9.16. The highest BCUT2D eigenvalue weighted by atomic mass is 32.1. The number of aliphatic hydroxyl groups excluding tert-OH is 1. The Morgan fingerprint density at radius 3 is 1.69 bits per heavy atom. The molecule has 0 aliphatic rings. The quantitative estimate of drug-likeness (QED) is 0.0132. The SMILES string of the molecule is CC(C)C[C@H](NC(=O)[C@H](CCC(N)=O)NC(=O)[C@H](CCCN=C(N)N)NC(=O)[C@@H](N)CS)C(=O)N[C@@H](Cc1c[nH]c2ccccc12)C(=O)N[C@@H](Cc1ccccc1)C(=O)N[C@@H](CO)C(=O)N[C@@H](CS)C(=O)O. The van der Waals surface area contributed by atoms with Gasteiger partial charge >= 0.3 is 5.97 Å². The summed E-state index contributed by atoms with van der Waals surface area (Å²) in [6.07, 6.45) is 0.844. The minimum absolute atomic E-state index is 0.000177. The van der Waals surface area contributed by atoms with Crippen LogP contribution in [-0.4, -0.2) is 147 Å². The van der Waals surface area contributed by atoms with Gasteiger partial charge in [-0.2, -0.15) is 25.3 Å². The summed E-state index contributed by atoms with van der Waals surface area (Å²) in [4.78, 5) is 128. The van der Waals surface area contributed by atoms with Crippen molar-refractivity contribution in [2.75, 3.05) is 24.7 Å². The molecule has 0 aliphatic carbocycles. The Kier molecular flexibility index (Phi) is 24.8. The number of rotatable bonds is 31. The second kappa shape index (κ2) is 30.1. The van der Waals surface area contributed by atoms with Gasteiger partial charge in [0.1, 0.15) is 42.3 Å². The highest BCUT2D eigenvalue weighted by Gasteiger charge is 2.35. The molecule has 1 heterocycles. The lowest BCUT2D eigenvalue weighted by molar-refractivity contribution is -0.142. The van der Waals surface area contributed by atoms with Crippen LogP contribution in [0.5, 0.6) is 0 Å². The van der Waals surface area contributed by atoms with Crippen LogP contribution in [0.2, 0.25) is 0 Å². The zero-order valence-electron chi connectivity index (χ0n) is 40.0. The second-order valence-electron chi connectivity index (χ2n) is 17.3. The first kappa shape index (κ1) is 59.4. The molecule has 3 rings (SSSR count). The van der Waals surface area contributed by atoms with Crippen LogP contribution in [0.3, 0.4) is 0 Å². The largest absolute Gasteiger partial charge is 0.480 e. The lowest BCUT2D eigenvalue weighted by atomic mass is 9.99. The molecule has 0 aliphatic heterocycles. The summed E-state index contributed by atoms with van der Waals surface area (Å²) >= 11 is 7.98. The first-order chi connectivity index (χ1) is 34.2. The molecule has 8 atom stereocenters. The molecule has 1 aromatic heterocycles. The van der Waals surface area contributed by atoms with Crippen molar-refractivity contribution < 1.29 is 53.4 Å². The zero-order valence-corrected chi connectivity index (χ0v) is 41.8. The summed E-state index contributed by atoms with van der Waals surface area (Å²) in [5, 5.41) is 38.0. The number of hydrogen-bond donors (Lipinski definition) is 16. The average molecular weight is 1040 g/mol. The number of aromatic amines is 1. The van der Waals surface area contributed by atoms with Crippen molar-refractivity contribution in [3.05, 3.63) is 71.9 Å². The van der Waals surface area contributed by atoms with Gasteiger partial charge in [0.2, 0.25) is 47.3 Å². The maximum atomic E-state index is 14.6. The van der Waals surface area contributed by atoms with E-state index in [1.807, 2.05) is 0 Å². The molecule has 0 radical (unpaired) electrons. The maximum Gasteiger partial charge on any atom is 0.327 e. The van der Waals surface area contributed by atoms with Gasteiger partial charge < -0.3 is 75.3 Å². The first-order valence-electron chi connectivity index (χ1n) is 23.0. The summed E-state index contributed by atoms with van der Waals surface area (Å²) < 4.78 is 0. The Bertz CT molecular complexity index is 2370. The molecule has 18 N–H and O–H groups in total. The summed E-state index contributed by atoms with van der Waals surface area (Å²) in [6, 6.07) is 4.46. The number of carbonyl (C=O) groups is 9. The van der Waals surface area contributed by atoms with Gasteiger partial charge in [-0.25, -0.2) is 4.79 Å². The minimum Gasteiger partial charge on any atom is -0.480 e. The predicted molar refractivity (Wildman–Crippen MR) is 274 cm³/mol. The van der Waals surface area contributed by atoms with E-state index in [1.54, 1.807) is 74.6 Å². The van der Waals surface area contributed by atoms with E-state index in [0.29, 0.717) is 22.0 Å². The lowest BCUT2D eigenvalue weighted by Crippen LogP contribution is -2.61. The Hall–Kier alpha value is -6.90. The lowest BCUT2D eigenvalue weighted by Gasteiger charge is -2.28. The third-order valence-electron chi connectivity index (χ3n) is 11.0. The number of hydrogen-bond acceptors (Lipinski definition) is 14. The van der Waals surface area contributed by atoms with Gasteiger partial charge in [-0.15, -0.1) is 0 Å². The number of thiol groups is 2. The van der Waals surface area contributed by atoms with Crippen molar-refractivity contribution in [3.63, 3.8) is 0 Å². The molecule has 394 valence electrons. The van der Waals surface area contributed by atoms with Gasteiger partial charge in [-0.1, -0.05) is 62.4 Å². The molecule has 0 unspecified atom stereocenters. The van der Waals surface area contributed by atoms with Crippen molar-refractivity contribution in [2.45, 2.75) is 107 Å². The second-order valence-corrected chi connectivity index (χ2v) is 18.0. The molecular formula is C46H67N13O11S2. The van der Waals surface area contributed by atoms with E-state index >= 15 is 0 Å². The molecule has 72 heavy (non-hydrogen) atoms. The van der Waals surface area contributed by atoms with Crippen molar-refractivity contribution in [3.8, 4) is 0 Å². The summed E-state index contributed by atoms with van der Waals surface area (Å²) in [6.45, 7) is 2.69. The number of aromatic nitrogens is 1. The topological polar surface area (TPSA) is 411 Å². The number of para-hydroxylation sites is 1. The Morgan fingerprint density at radius 2 is 1.12 bits per heavy atom. The van der Waals surface area contributed by atoms with Crippen LogP contribution in [0.4, 0.5) is 0 Å². The third kappa shape index (κ3) is 19.7. The van der Waals surface area contributed by atoms with Gasteiger partial charge in [0, 0.05) is 54.4 Å². The fraction of sp³-hybridized carbons (Fsp3) is 0.478. The van der Waals surface area contributed by atoms with Gasteiger partial charge in [0.05, 0.1) is 12.6 Å². The minimum atomic E-state index is -1.65. The van der Waals surface area contributed by atoms with E-state index in [-0.39, 0.29) is 74.9 Å². The van der Waals surface area contributed by atoms with Crippen LogP contribution < -0.4 is 60.2 Å². The standard InChI is InChI=1S/C46H67N13O11S2/c1-24(2)17-32(55-40(64)31(14-15-37(48)61)54-39(63)30(13-8-16-51-46(49)50)53-38(62)28(47)22-71)41(65)57-34(19-26-20-52-29-12-7-6-11-27(26)29)43(67)56-33(18-25-9-4-3-5-10-25)42(66)58-35(21-60)44(68)59-36(23-72)45(69)70/h3-7,9-12,20,24,28,30-36,52,60,71-72H,8,13-19,21-23,47H2,1-2H3,(H2,48,61)(H,53,62)(H,54,63)(H,55,64)(H,56,67)(H,57,65)(H,58,66)(H,59,68)(H,69,70)(H4,49,50,51)/t28-,30-,31-,32-,33-,34-,35-,36-/m0/s1. The van der Waals surface area contributed by atoms with Gasteiger partial charge in [-0.3, -0.25) is 43.3 Å². The number of fused-ring (bicyclic) bond motifs is 1. The normalized spacial score (nSPS) is 14.4. The van der Waals surface area contributed by atoms with Crippen molar-refractivity contribution in [1.82, 2.24) is 42.2 Å². The number of carboxylic acids is 1. The average Bonchev–Trinajstić information content (AvgIpc) is 3.75. The number of aliphatic imine (C=N–C) groups is 1. The van der Waals surface area contributed by atoms with Crippen LogP contribution in [0, 0.1) is 5.92 Å². The number of benzene rings is 2. The van der Waals surface area contributed by atoms with Crippen molar-refractivity contribution in [2.24, 2.45) is 33.8 Å². The number of aliphatic carboxylic acids is 1. The molecule has 0 saturated heterocycles. The molecule has 0 bridgehead atoms. The van der Waals surface area contributed by atoms with Gasteiger partial charge in [0.15, 0.2) is 5.96 Å². The summed E-state index contributed by atoms with van der Waals surface area (Å²) in [7, 11) is 0. The molecule has 26 heteroatoms. The Labute approximate surface area is 427 Å². The van der Waals surface area contributed by atoms with Gasteiger partial charge in [0.25, 0.3) is 0 Å². The monoisotopic (exact) mass is 1040 g/mol. The molecule has 2 aromatic carbocycles. The zero-order chi connectivity index (χ0) is 53.5. The predicted octanol–water partition coefficient (Wildman–Crippen LogP) is -3.02. The van der Waals surface area contributed by atoms with E-state index in [9.17, 15) is 53.4 Å². The number of nitrogens with one attached hydrogen (secondary N) is 8. The Balaban J connectivity index is 2.00. The van der Waals surface area contributed by atoms with E-state index in [0.717, 1.165) is 0 Å². The fourth-order valence-electron chi connectivity index (χ4n) is 7.19. The van der Waals surface area contributed by atoms with E-state index in [1.165, 1.54) is 0 Å². The number of nitrogens with zero attached hydrogens (tertiary/aromatic N) is 1. The highest BCUT2D eigenvalue weighted by Crippen LogP contribution is 2.20. The molecule has 8 amide bonds. The third-order valence-corrected chi connectivity index (χ3v) is 11.8. The van der Waals surface area contributed by atoms with E-state index < -0.39 is 108 Å². The highest BCUT2D eigenvalue weighted by molar-refractivity contribution is 7.80. The fourth-order valence-corrected chi connectivity index (χ4v) is 7.61. The van der Waals surface area contributed by atoms with Crippen LogP contribution in [0.25, 0.3) is 10.9 Å². The molecule has 3 aromatic rings. The molecule has 0 fully saturated rings. The van der Waals surface area contributed by atoms with Crippen molar-refractivity contribution >= 4 is 95.3 Å². The van der Waals surface area contributed by atoms with E-state index in [2.05, 4.69) is 72.5 Å². The molecule has 0 saturated carbocycles. The molecule has 24 nitrogen and oxygen atoms in total. The number of nitrogens with two attached hydrogens (primary N) is 4. The number of carboxylic acid groups (broad SMARTS) is 1. The van der Waals surface area contributed by atoms with Crippen LogP contribution in [0.15, 0.2) is 65.8 Å². The maximum absolute atomic E-state index is 14.6. The number of primary amides is 1. The summed E-state index contributed by atoms with van der Waals surface area (Å²) in [5.41, 5.74) is 24.0. The van der Waals surface area contributed by atoms with Crippen LogP contribution >= 0.6 is 25.3 Å². The van der Waals surface area contributed by atoms with Crippen LogP contribution in [0.1, 0.15) is 57.1 Å².